The molecule has 0 aromatic heterocycles. The third kappa shape index (κ3) is 2.29. The van der Waals surface area contributed by atoms with Crippen molar-refractivity contribution >= 4 is 5.69 Å². The van der Waals surface area contributed by atoms with Crippen LogP contribution in [-0.2, 0) is 6.18 Å². The van der Waals surface area contributed by atoms with E-state index in [0.29, 0.717) is 5.76 Å². The predicted octanol–water partition coefficient (Wildman–Crippen LogP) is 4.39. The van der Waals surface area contributed by atoms with Gasteiger partial charge in [-0.1, -0.05) is 0 Å². The van der Waals surface area contributed by atoms with Gasteiger partial charge in [0, 0.05) is 24.3 Å². The number of fused-ring (bicyclic) bond motifs is 1. The molecule has 0 unspecified atom stereocenters. The summed E-state index contributed by atoms with van der Waals surface area (Å²) in [5, 5.41) is 0. The molecule has 19 heavy (non-hydrogen) atoms. The summed E-state index contributed by atoms with van der Waals surface area (Å²) in [6.45, 7) is 1.92. The smallest absolute Gasteiger partial charge is 0.449 e. The minimum atomic E-state index is -4.43. The fourth-order valence-corrected chi connectivity index (χ4v) is 2.59. The van der Waals surface area contributed by atoms with Gasteiger partial charge in [-0.25, -0.2) is 0 Å². The second kappa shape index (κ2) is 4.47. The quantitative estimate of drug-likeness (QED) is 0.763. The molecule has 1 aliphatic carbocycles. The molecule has 2 aliphatic heterocycles. The van der Waals surface area contributed by atoms with Crippen LogP contribution in [0.5, 0.6) is 0 Å². The van der Waals surface area contributed by atoms with Gasteiger partial charge in [0.2, 0.25) is 5.76 Å². The highest BCUT2D eigenvalue weighted by Crippen LogP contribution is 2.39. The van der Waals surface area contributed by atoms with Crippen LogP contribution in [0.4, 0.5) is 18.9 Å². The molecule has 0 aromatic rings. The van der Waals surface area contributed by atoms with Crippen LogP contribution in [0.3, 0.4) is 0 Å². The molecule has 3 aliphatic rings. The van der Waals surface area contributed by atoms with E-state index in [1.54, 1.807) is 6.07 Å². The van der Waals surface area contributed by atoms with Crippen molar-refractivity contribution in [2.75, 3.05) is 18.0 Å². The number of halogens is 3. The molecule has 0 amide bonds. The van der Waals surface area contributed by atoms with E-state index in [1.807, 2.05) is 6.07 Å². The predicted molar refractivity (Wildman–Crippen MR) is 66.4 cm³/mol. The molecule has 0 bridgehead atoms. The average molecular weight is 269 g/mol. The molecular weight excluding hydrogens is 255 g/mol. The van der Waals surface area contributed by atoms with E-state index in [4.69, 9.17) is 4.42 Å². The molecule has 0 radical (unpaired) electrons. The van der Waals surface area contributed by atoms with Gasteiger partial charge < -0.3 is 9.32 Å². The van der Waals surface area contributed by atoms with E-state index in [2.05, 4.69) is 4.90 Å². The van der Waals surface area contributed by atoms with E-state index in [0.717, 1.165) is 43.2 Å². The van der Waals surface area contributed by atoms with Gasteiger partial charge in [0.25, 0.3) is 0 Å². The van der Waals surface area contributed by atoms with Crippen LogP contribution in [0.1, 0.15) is 25.0 Å². The van der Waals surface area contributed by atoms with Crippen LogP contribution < -0.4 is 4.90 Å². The fourth-order valence-electron chi connectivity index (χ4n) is 2.59. The first kappa shape index (κ1) is 12.4. The summed E-state index contributed by atoms with van der Waals surface area (Å²) in [5.41, 5.74) is 1.74. The number of hydrogen-bond acceptors (Lipinski definition) is 2. The summed E-state index contributed by atoms with van der Waals surface area (Å²) < 4.78 is 42.7. The first-order chi connectivity index (χ1) is 9.05. The van der Waals surface area contributed by atoms with Crippen molar-refractivity contribution in [3.63, 3.8) is 0 Å². The van der Waals surface area contributed by atoms with Crippen LogP contribution in [0.2, 0.25) is 0 Å². The Bertz CT molecular complexity index is 540. The normalized spacial score (nSPS) is 17.1. The summed E-state index contributed by atoms with van der Waals surface area (Å²) in [6.07, 6.45) is -0.955. The molecule has 0 aromatic carbocycles. The maximum Gasteiger partial charge on any atom is 0.449 e. The van der Waals surface area contributed by atoms with E-state index in [9.17, 15) is 13.2 Å². The number of hydrogen-bond donors (Lipinski definition) is 0. The maximum absolute atomic E-state index is 12.6. The van der Waals surface area contributed by atoms with Crippen LogP contribution in [0, 0.1) is 0 Å². The largest absolute Gasteiger partial charge is 0.451 e. The van der Waals surface area contributed by atoms with Crippen molar-refractivity contribution in [1.29, 1.82) is 0 Å². The lowest BCUT2D eigenvalue weighted by Crippen LogP contribution is -2.29. The van der Waals surface area contributed by atoms with Crippen molar-refractivity contribution in [1.82, 2.24) is 0 Å². The summed E-state index contributed by atoms with van der Waals surface area (Å²) in [6, 6.07) is 5.98. The molecule has 0 saturated carbocycles. The second-order valence-corrected chi connectivity index (χ2v) is 4.84. The Morgan fingerprint density at radius 2 is 1.68 bits per heavy atom. The summed E-state index contributed by atoms with van der Waals surface area (Å²) >= 11 is 0. The van der Waals surface area contributed by atoms with E-state index >= 15 is 0 Å². The van der Waals surface area contributed by atoms with Gasteiger partial charge in [-0.05, 0) is 43.5 Å². The SMILES string of the molecule is FC(F)(F)c1ccc2c(N3CCCCC3)ccc-2o1. The highest BCUT2D eigenvalue weighted by molar-refractivity contribution is 5.79. The van der Waals surface area contributed by atoms with Crippen LogP contribution >= 0.6 is 0 Å². The molecule has 2 heterocycles. The van der Waals surface area contributed by atoms with Crippen molar-refractivity contribution in [3.05, 3.63) is 30.0 Å². The lowest BCUT2D eigenvalue weighted by Gasteiger charge is -2.29. The van der Waals surface area contributed by atoms with Gasteiger partial charge in [-0.3, -0.25) is 0 Å². The molecule has 5 heteroatoms. The molecule has 102 valence electrons. The molecule has 0 spiro atoms. The minimum absolute atomic E-state index is 0.301. The molecule has 0 atom stereocenters. The van der Waals surface area contributed by atoms with Gasteiger partial charge >= 0.3 is 6.18 Å². The van der Waals surface area contributed by atoms with E-state index in [1.165, 1.54) is 12.5 Å². The first-order valence-electron chi connectivity index (χ1n) is 6.40. The fraction of sp³-hybridized carbons (Fsp3) is 0.429. The third-order valence-corrected chi connectivity index (χ3v) is 3.53. The van der Waals surface area contributed by atoms with Gasteiger partial charge in [0.15, 0.2) is 0 Å². The highest BCUT2D eigenvalue weighted by atomic mass is 19.4. The molecule has 1 fully saturated rings. The Balaban J connectivity index is 1.96. The lowest BCUT2D eigenvalue weighted by molar-refractivity contribution is -0.153. The summed E-state index contributed by atoms with van der Waals surface area (Å²) in [4.78, 5) is 2.22. The van der Waals surface area contributed by atoms with Gasteiger partial charge in [0.05, 0.1) is 0 Å². The standard InChI is InChI=1S/C14H14F3NO/c15-14(16,17)13-7-4-10-11(5-6-12(10)19-13)18-8-2-1-3-9-18/h4-7H,1-3,8-9H2. The second-order valence-electron chi connectivity index (χ2n) is 4.84. The zero-order chi connectivity index (χ0) is 13.5. The lowest BCUT2D eigenvalue weighted by atomic mass is 10.1. The Hall–Kier alpha value is -1.65. The third-order valence-electron chi connectivity index (χ3n) is 3.53. The minimum Gasteiger partial charge on any atom is -0.451 e. The Labute approximate surface area is 109 Å². The Morgan fingerprint density at radius 1 is 0.947 bits per heavy atom. The number of alkyl halides is 3. The van der Waals surface area contributed by atoms with Crippen molar-refractivity contribution in [2.45, 2.75) is 25.4 Å². The van der Waals surface area contributed by atoms with Crippen LogP contribution in [0.25, 0.3) is 11.3 Å². The van der Waals surface area contributed by atoms with E-state index in [-0.39, 0.29) is 0 Å². The van der Waals surface area contributed by atoms with Gasteiger partial charge in [-0.15, -0.1) is 0 Å². The number of piperidine rings is 1. The molecule has 1 saturated heterocycles. The molecule has 3 rings (SSSR count). The number of nitrogens with zero attached hydrogens (tertiary/aromatic N) is 1. The zero-order valence-electron chi connectivity index (χ0n) is 10.3. The number of rotatable bonds is 1. The highest BCUT2D eigenvalue weighted by Gasteiger charge is 2.35. The van der Waals surface area contributed by atoms with Crippen molar-refractivity contribution < 1.29 is 17.6 Å². The van der Waals surface area contributed by atoms with Crippen LogP contribution in [-0.4, -0.2) is 13.1 Å². The monoisotopic (exact) mass is 269 g/mol. The van der Waals surface area contributed by atoms with Gasteiger partial charge in [0.1, 0.15) is 5.76 Å². The Kier molecular flexibility index (Phi) is 2.92. The summed E-state index contributed by atoms with van der Waals surface area (Å²) in [7, 11) is 0. The van der Waals surface area contributed by atoms with Crippen LogP contribution in [0.15, 0.2) is 28.7 Å². The molecule has 0 N–H and O–H groups in total. The van der Waals surface area contributed by atoms with E-state index < -0.39 is 11.9 Å². The topological polar surface area (TPSA) is 16.4 Å². The van der Waals surface area contributed by atoms with Gasteiger partial charge in [-0.2, -0.15) is 13.2 Å². The molecule has 2 nitrogen and oxygen atoms in total. The Morgan fingerprint density at radius 3 is 2.37 bits per heavy atom. The number of anilines is 1. The molecular formula is C14H14F3NO. The average Bonchev–Trinajstić information content (AvgIpc) is 2.81. The maximum atomic E-state index is 12.6. The zero-order valence-corrected chi connectivity index (χ0v) is 10.3. The van der Waals surface area contributed by atoms with Crippen molar-refractivity contribution in [2.24, 2.45) is 0 Å². The van der Waals surface area contributed by atoms with Crippen molar-refractivity contribution in [3.8, 4) is 11.3 Å². The first-order valence-corrected chi connectivity index (χ1v) is 6.40. The summed E-state index contributed by atoms with van der Waals surface area (Å²) in [5.74, 6) is -0.647.